The molecule has 0 aromatic carbocycles. The van der Waals surface area contributed by atoms with Gasteiger partial charge in [0.15, 0.2) is 0 Å². The van der Waals surface area contributed by atoms with E-state index in [1.165, 1.54) is 6.21 Å². The number of unbranched alkanes of at least 4 members (excludes halogenated alkanes) is 1. The molecule has 0 radical (unpaired) electrons. The van der Waals surface area contributed by atoms with Crippen LogP contribution >= 0.6 is 0 Å². The van der Waals surface area contributed by atoms with Crippen LogP contribution in [0.5, 0.6) is 0 Å². The van der Waals surface area contributed by atoms with Gasteiger partial charge in [0.05, 0.1) is 12.6 Å². The largest absolute Gasteiger partial charge is 0.481 e. The van der Waals surface area contributed by atoms with Crippen LogP contribution in [-0.2, 0) is 16.0 Å². The summed E-state index contributed by atoms with van der Waals surface area (Å²) in [7, 11) is 0. The lowest BCUT2D eigenvalue weighted by Crippen LogP contribution is -2.25. The molecule has 0 spiro atoms. The molecule has 0 saturated carbocycles. The summed E-state index contributed by atoms with van der Waals surface area (Å²) in [6, 6.07) is 0. The van der Waals surface area contributed by atoms with Gasteiger partial charge in [-0.1, -0.05) is 0 Å². The van der Waals surface area contributed by atoms with Crippen molar-refractivity contribution < 1.29 is 14.7 Å². The first-order valence-electron chi connectivity index (χ1n) is 6.64. The van der Waals surface area contributed by atoms with Crippen molar-refractivity contribution in [1.82, 2.24) is 15.3 Å². The zero-order valence-electron chi connectivity index (χ0n) is 11.7. The minimum atomic E-state index is -0.921. The highest BCUT2D eigenvalue weighted by Gasteiger charge is 2.03. The van der Waals surface area contributed by atoms with Gasteiger partial charge in [-0.25, -0.2) is 9.97 Å². The number of carboxylic acids is 1. The number of aryl methyl sites for hydroxylation is 1. The topological polar surface area (TPSA) is 131 Å². The van der Waals surface area contributed by atoms with Crippen molar-refractivity contribution in [3.63, 3.8) is 0 Å². The summed E-state index contributed by atoms with van der Waals surface area (Å²) < 4.78 is 0. The van der Waals surface area contributed by atoms with Gasteiger partial charge in [0, 0.05) is 37.3 Å². The van der Waals surface area contributed by atoms with Crippen molar-refractivity contribution in [2.24, 2.45) is 10.9 Å². The van der Waals surface area contributed by atoms with E-state index in [1.54, 1.807) is 12.4 Å². The van der Waals surface area contributed by atoms with Crippen LogP contribution < -0.4 is 11.2 Å². The van der Waals surface area contributed by atoms with Crippen LogP contribution in [0.15, 0.2) is 17.5 Å². The molecule has 1 aromatic heterocycles. The summed E-state index contributed by atoms with van der Waals surface area (Å²) in [6.45, 7) is 0.168. The standard InChI is InChI=1S/C13H19N5O3/c14-18-9-10-7-16-11(17-8-10)3-1-2-4-12(19)15-6-5-13(20)21/h7-9H,1-6,14H2,(H,15,19)(H,20,21). The molecular weight excluding hydrogens is 274 g/mol. The highest BCUT2D eigenvalue weighted by molar-refractivity contribution is 5.78. The van der Waals surface area contributed by atoms with Gasteiger partial charge < -0.3 is 16.3 Å². The molecule has 4 N–H and O–H groups in total. The number of carboxylic acid groups (broad SMARTS) is 1. The number of aromatic nitrogens is 2. The fourth-order valence-corrected chi connectivity index (χ4v) is 1.61. The number of hydrazone groups is 1. The molecule has 1 rings (SSSR count). The van der Waals surface area contributed by atoms with Crippen LogP contribution in [0.2, 0.25) is 0 Å². The Morgan fingerprint density at radius 2 is 2.00 bits per heavy atom. The number of carbonyl (C=O) groups is 2. The Balaban J connectivity index is 2.15. The number of hydrogen-bond acceptors (Lipinski definition) is 6. The molecule has 8 nitrogen and oxygen atoms in total. The molecule has 0 aliphatic carbocycles. The van der Waals surface area contributed by atoms with Gasteiger partial charge in [-0.05, 0) is 12.8 Å². The lowest BCUT2D eigenvalue weighted by atomic mass is 10.2. The van der Waals surface area contributed by atoms with Gasteiger partial charge in [0.1, 0.15) is 5.82 Å². The normalized spacial score (nSPS) is 10.7. The van der Waals surface area contributed by atoms with Gasteiger partial charge in [-0.2, -0.15) is 5.10 Å². The van der Waals surface area contributed by atoms with E-state index in [0.29, 0.717) is 25.1 Å². The minimum Gasteiger partial charge on any atom is -0.481 e. The van der Waals surface area contributed by atoms with Gasteiger partial charge in [-0.15, -0.1) is 0 Å². The van der Waals surface area contributed by atoms with E-state index in [2.05, 4.69) is 20.4 Å². The smallest absolute Gasteiger partial charge is 0.305 e. The number of nitrogens with one attached hydrogen (secondary N) is 1. The zero-order chi connectivity index (χ0) is 15.5. The number of carbonyl (C=O) groups excluding carboxylic acids is 1. The molecule has 0 aliphatic heterocycles. The summed E-state index contributed by atoms with van der Waals surface area (Å²) >= 11 is 0. The van der Waals surface area contributed by atoms with Crippen LogP contribution in [0, 0.1) is 0 Å². The Morgan fingerprint density at radius 3 is 2.62 bits per heavy atom. The van der Waals surface area contributed by atoms with E-state index in [1.807, 2.05) is 0 Å². The summed E-state index contributed by atoms with van der Waals surface area (Å²) in [5.74, 6) is 4.67. The highest BCUT2D eigenvalue weighted by atomic mass is 16.4. The SMILES string of the molecule is NN=Cc1cnc(CCCCC(=O)NCCC(=O)O)nc1. The Bertz CT molecular complexity index is 487. The van der Waals surface area contributed by atoms with Crippen molar-refractivity contribution in [1.29, 1.82) is 0 Å². The molecule has 1 aromatic rings. The lowest BCUT2D eigenvalue weighted by molar-refractivity contribution is -0.136. The quantitative estimate of drug-likeness (QED) is 0.256. The second-order valence-electron chi connectivity index (χ2n) is 4.41. The maximum Gasteiger partial charge on any atom is 0.305 e. The molecule has 0 unspecified atom stereocenters. The number of nitrogens with zero attached hydrogens (tertiary/aromatic N) is 3. The molecule has 1 amide bonds. The van der Waals surface area contributed by atoms with E-state index < -0.39 is 5.97 Å². The van der Waals surface area contributed by atoms with Crippen molar-refractivity contribution in [2.45, 2.75) is 32.1 Å². The Labute approximate surface area is 122 Å². The Hall–Kier alpha value is -2.51. The van der Waals surface area contributed by atoms with Gasteiger partial charge in [-0.3, -0.25) is 9.59 Å². The second kappa shape index (κ2) is 9.40. The maximum absolute atomic E-state index is 11.4. The molecule has 1 heterocycles. The molecule has 0 fully saturated rings. The summed E-state index contributed by atoms with van der Waals surface area (Å²) in [4.78, 5) is 30.0. The number of nitrogens with two attached hydrogens (primary N) is 1. The third-order valence-electron chi connectivity index (χ3n) is 2.66. The molecular formula is C13H19N5O3. The predicted molar refractivity (Wildman–Crippen MR) is 76.6 cm³/mol. The van der Waals surface area contributed by atoms with Crippen LogP contribution in [0.4, 0.5) is 0 Å². The molecule has 0 atom stereocenters. The van der Waals surface area contributed by atoms with Crippen molar-refractivity contribution >= 4 is 18.1 Å². The lowest BCUT2D eigenvalue weighted by Gasteiger charge is -2.03. The first kappa shape index (κ1) is 16.5. The first-order valence-corrected chi connectivity index (χ1v) is 6.64. The molecule has 0 aliphatic rings. The highest BCUT2D eigenvalue weighted by Crippen LogP contribution is 2.02. The summed E-state index contributed by atoms with van der Waals surface area (Å²) in [5.41, 5.74) is 0.735. The van der Waals surface area contributed by atoms with E-state index in [-0.39, 0.29) is 18.9 Å². The Morgan fingerprint density at radius 1 is 1.29 bits per heavy atom. The van der Waals surface area contributed by atoms with Gasteiger partial charge >= 0.3 is 5.97 Å². The average molecular weight is 293 g/mol. The maximum atomic E-state index is 11.4. The number of aliphatic carboxylic acids is 1. The monoisotopic (exact) mass is 293 g/mol. The predicted octanol–water partition coefficient (Wildman–Crippen LogP) is 0.0729. The number of amides is 1. The van der Waals surface area contributed by atoms with E-state index in [4.69, 9.17) is 10.9 Å². The second-order valence-corrected chi connectivity index (χ2v) is 4.41. The van der Waals surface area contributed by atoms with Crippen molar-refractivity contribution in [2.75, 3.05) is 6.54 Å². The average Bonchev–Trinajstić information content (AvgIpc) is 2.45. The van der Waals surface area contributed by atoms with E-state index >= 15 is 0 Å². The van der Waals surface area contributed by atoms with E-state index in [9.17, 15) is 9.59 Å². The third-order valence-corrected chi connectivity index (χ3v) is 2.66. The molecule has 0 saturated heterocycles. The molecule has 8 heteroatoms. The third kappa shape index (κ3) is 7.61. The summed E-state index contributed by atoms with van der Waals surface area (Å²) in [5, 5.41) is 14.4. The van der Waals surface area contributed by atoms with Crippen molar-refractivity contribution in [3.05, 3.63) is 23.8 Å². The van der Waals surface area contributed by atoms with Crippen molar-refractivity contribution in [3.8, 4) is 0 Å². The molecule has 114 valence electrons. The zero-order valence-corrected chi connectivity index (χ0v) is 11.7. The minimum absolute atomic E-state index is 0.0575. The molecule has 21 heavy (non-hydrogen) atoms. The fraction of sp³-hybridized carbons (Fsp3) is 0.462. The fourth-order valence-electron chi connectivity index (χ4n) is 1.61. The van der Waals surface area contributed by atoms with Gasteiger partial charge in [0.25, 0.3) is 0 Å². The van der Waals surface area contributed by atoms with Crippen LogP contribution in [0.1, 0.15) is 37.1 Å². The summed E-state index contributed by atoms with van der Waals surface area (Å²) in [6.07, 6.45) is 7.23. The van der Waals surface area contributed by atoms with Crippen LogP contribution in [0.25, 0.3) is 0 Å². The van der Waals surface area contributed by atoms with E-state index in [0.717, 1.165) is 12.0 Å². The first-order chi connectivity index (χ1) is 10.1. The number of hydrogen-bond donors (Lipinski definition) is 3. The Kier molecular flexibility index (Phi) is 7.41. The van der Waals surface area contributed by atoms with Crippen LogP contribution in [0.3, 0.4) is 0 Å². The van der Waals surface area contributed by atoms with Crippen LogP contribution in [-0.4, -0.2) is 39.7 Å². The molecule has 0 bridgehead atoms. The van der Waals surface area contributed by atoms with Gasteiger partial charge in [0.2, 0.25) is 5.91 Å². The number of rotatable bonds is 9.